The Morgan fingerprint density at radius 3 is 2.74 bits per heavy atom. The molecule has 1 aliphatic rings. The van der Waals surface area contributed by atoms with Gasteiger partial charge in [-0.1, -0.05) is 0 Å². The van der Waals surface area contributed by atoms with Crippen molar-refractivity contribution in [2.45, 2.75) is 13.0 Å². The molecule has 2 aromatic rings. The molecule has 124 valence electrons. The zero-order chi connectivity index (χ0) is 15.9. The first-order valence-corrected chi connectivity index (χ1v) is 8.02. The minimum atomic E-state index is -0.262. The van der Waals surface area contributed by atoms with E-state index in [1.165, 1.54) is 12.1 Å². The molecule has 0 unspecified atom stereocenters. The van der Waals surface area contributed by atoms with Gasteiger partial charge >= 0.3 is 0 Å². The third kappa shape index (κ3) is 4.86. The maximum Gasteiger partial charge on any atom is 0.226 e. The van der Waals surface area contributed by atoms with Crippen molar-refractivity contribution in [2.24, 2.45) is 0 Å². The summed E-state index contributed by atoms with van der Waals surface area (Å²) in [6.45, 7) is 6.46. The summed E-state index contributed by atoms with van der Waals surface area (Å²) in [5, 5.41) is 3.37. The van der Waals surface area contributed by atoms with Gasteiger partial charge in [0.15, 0.2) is 0 Å². The molecule has 1 saturated heterocycles. The maximum atomic E-state index is 12.9. The van der Waals surface area contributed by atoms with Crippen LogP contribution in [0.2, 0.25) is 0 Å². The van der Waals surface area contributed by atoms with E-state index in [9.17, 15) is 4.39 Å². The SMILES string of the molecule is Fc1ccc(-c2nc(CNCCCN3CCOCC3)co2)cc1. The largest absolute Gasteiger partial charge is 0.444 e. The van der Waals surface area contributed by atoms with Crippen LogP contribution in [0.4, 0.5) is 4.39 Å². The van der Waals surface area contributed by atoms with E-state index in [1.54, 1.807) is 18.4 Å². The first-order chi connectivity index (χ1) is 11.3. The molecule has 0 spiro atoms. The van der Waals surface area contributed by atoms with Gasteiger partial charge in [0.1, 0.15) is 12.1 Å². The van der Waals surface area contributed by atoms with Crippen LogP contribution in [0, 0.1) is 5.82 Å². The predicted molar refractivity (Wildman–Crippen MR) is 85.5 cm³/mol. The van der Waals surface area contributed by atoms with Crippen LogP contribution in [0.15, 0.2) is 34.9 Å². The summed E-state index contributed by atoms with van der Waals surface area (Å²) in [5.74, 6) is 0.262. The highest BCUT2D eigenvalue weighted by Gasteiger charge is 2.09. The highest BCUT2D eigenvalue weighted by Crippen LogP contribution is 2.18. The molecule has 3 rings (SSSR count). The van der Waals surface area contributed by atoms with Gasteiger partial charge < -0.3 is 14.5 Å². The van der Waals surface area contributed by atoms with Crippen LogP contribution in [0.1, 0.15) is 12.1 Å². The van der Waals surface area contributed by atoms with Crippen molar-refractivity contribution in [1.82, 2.24) is 15.2 Å². The Morgan fingerprint density at radius 1 is 1.17 bits per heavy atom. The molecular formula is C17H22FN3O2. The summed E-state index contributed by atoms with van der Waals surface area (Å²) < 4.78 is 23.7. The van der Waals surface area contributed by atoms with Gasteiger partial charge in [-0.3, -0.25) is 4.90 Å². The lowest BCUT2D eigenvalue weighted by Crippen LogP contribution is -2.37. The number of benzene rings is 1. The second-order valence-electron chi connectivity index (χ2n) is 5.64. The first-order valence-electron chi connectivity index (χ1n) is 8.02. The van der Waals surface area contributed by atoms with Crippen molar-refractivity contribution in [3.05, 3.63) is 42.0 Å². The van der Waals surface area contributed by atoms with Gasteiger partial charge in [0, 0.05) is 25.2 Å². The minimum Gasteiger partial charge on any atom is -0.444 e. The average Bonchev–Trinajstić information content (AvgIpc) is 3.05. The van der Waals surface area contributed by atoms with Gasteiger partial charge in [-0.25, -0.2) is 9.37 Å². The second kappa shape index (κ2) is 8.19. The second-order valence-corrected chi connectivity index (χ2v) is 5.64. The van der Waals surface area contributed by atoms with Crippen molar-refractivity contribution >= 4 is 0 Å². The molecule has 0 saturated carbocycles. The number of ether oxygens (including phenoxy) is 1. The van der Waals surface area contributed by atoms with E-state index >= 15 is 0 Å². The Hall–Kier alpha value is -1.76. The number of morpholine rings is 1. The number of oxazole rings is 1. The summed E-state index contributed by atoms with van der Waals surface area (Å²) in [7, 11) is 0. The molecule has 0 radical (unpaired) electrons. The topological polar surface area (TPSA) is 50.5 Å². The highest BCUT2D eigenvalue weighted by molar-refractivity contribution is 5.52. The highest BCUT2D eigenvalue weighted by atomic mass is 19.1. The summed E-state index contributed by atoms with van der Waals surface area (Å²) in [6, 6.07) is 6.15. The van der Waals surface area contributed by atoms with Gasteiger partial charge in [0.05, 0.1) is 18.9 Å². The van der Waals surface area contributed by atoms with Crippen LogP contribution in [0.25, 0.3) is 11.5 Å². The Bertz CT molecular complexity index is 594. The van der Waals surface area contributed by atoms with Crippen LogP contribution in [-0.2, 0) is 11.3 Å². The molecule has 0 bridgehead atoms. The van der Waals surface area contributed by atoms with Crippen LogP contribution < -0.4 is 5.32 Å². The van der Waals surface area contributed by atoms with Gasteiger partial charge in [-0.05, 0) is 43.8 Å². The van der Waals surface area contributed by atoms with Crippen molar-refractivity contribution < 1.29 is 13.5 Å². The van der Waals surface area contributed by atoms with Crippen LogP contribution in [-0.4, -0.2) is 49.3 Å². The molecule has 0 atom stereocenters. The Balaban J connectivity index is 1.38. The van der Waals surface area contributed by atoms with Crippen molar-refractivity contribution in [3.63, 3.8) is 0 Å². The number of nitrogens with one attached hydrogen (secondary N) is 1. The quantitative estimate of drug-likeness (QED) is 0.794. The molecular weight excluding hydrogens is 297 g/mol. The zero-order valence-corrected chi connectivity index (χ0v) is 13.1. The van der Waals surface area contributed by atoms with E-state index in [2.05, 4.69) is 15.2 Å². The summed E-state index contributed by atoms with van der Waals surface area (Å²) in [5.41, 5.74) is 1.64. The van der Waals surface area contributed by atoms with Crippen LogP contribution in [0.5, 0.6) is 0 Å². The molecule has 1 aromatic carbocycles. The Kier molecular flexibility index (Phi) is 5.74. The number of hydrogen-bond acceptors (Lipinski definition) is 5. The number of rotatable bonds is 7. The molecule has 2 heterocycles. The van der Waals surface area contributed by atoms with E-state index in [4.69, 9.17) is 9.15 Å². The molecule has 0 aliphatic carbocycles. The minimum absolute atomic E-state index is 0.262. The smallest absolute Gasteiger partial charge is 0.226 e. The van der Waals surface area contributed by atoms with E-state index in [1.807, 2.05) is 0 Å². The fourth-order valence-corrected chi connectivity index (χ4v) is 2.58. The van der Waals surface area contributed by atoms with Crippen LogP contribution >= 0.6 is 0 Å². The van der Waals surface area contributed by atoms with Gasteiger partial charge in [0.25, 0.3) is 0 Å². The van der Waals surface area contributed by atoms with Gasteiger partial charge in [-0.2, -0.15) is 0 Å². The molecule has 1 N–H and O–H groups in total. The number of hydrogen-bond donors (Lipinski definition) is 1. The monoisotopic (exact) mass is 319 g/mol. The molecule has 1 aliphatic heterocycles. The molecule has 5 nitrogen and oxygen atoms in total. The first kappa shape index (κ1) is 16.1. The number of halogens is 1. The van der Waals surface area contributed by atoms with E-state index < -0.39 is 0 Å². The maximum absolute atomic E-state index is 12.9. The summed E-state index contributed by atoms with van der Waals surface area (Å²) >= 11 is 0. The fourth-order valence-electron chi connectivity index (χ4n) is 2.58. The standard InChI is InChI=1S/C17H22FN3O2/c18-15-4-2-14(3-5-15)17-20-16(13-23-17)12-19-6-1-7-21-8-10-22-11-9-21/h2-5,13,19H,1,6-12H2. The fraction of sp³-hybridized carbons (Fsp3) is 0.471. The number of nitrogens with zero attached hydrogens (tertiary/aromatic N) is 2. The van der Waals surface area contributed by atoms with E-state index in [-0.39, 0.29) is 5.82 Å². The van der Waals surface area contributed by atoms with Crippen molar-refractivity contribution in [2.75, 3.05) is 39.4 Å². The molecule has 0 amide bonds. The van der Waals surface area contributed by atoms with Gasteiger partial charge in [0.2, 0.25) is 5.89 Å². The van der Waals surface area contributed by atoms with Crippen molar-refractivity contribution in [1.29, 1.82) is 0 Å². The molecule has 6 heteroatoms. The third-order valence-electron chi connectivity index (χ3n) is 3.88. The van der Waals surface area contributed by atoms with Crippen LogP contribution in [0.3, 0.4) is 0 Å². The van der Waals surface area contributed by atoms with E-state index in [0.717, 1.165) is 57.1 Å². The summed E-state index contributed by atoms with van der Waals surface area (Å²) in [4.78, 5) is 6.84. The van der Waals surface area contributed by atoms with E-state index in [0.29, 0.717) is 12.4 Å². The molecule has 23 heavy (non-hydrogen) atoms. The lowest BCUT2D eigenvalue weighted by molar-refractivity contribution is 0.0374. The Labute approximate surface area is 135 Å². The van der Waals surface area contributed by atoms with Gasteiger partial charge in [-0.15, -0.1) is 0 Å². The molecule has 1 aromatic heterocycles. The number of aromatic nitrogens is 1. The summed E-state index contributed by atoms with van der Waals surface area (Å²) in [6.07, 6.45) is 2.75. The zero-order valence-electron chi connectivity index (χ0n) is 13.1. The lowest BCUT2D eigenvalue weighted by Gasteiger charge is -2.26. The van der Waals surface area contributed by atoms with Crippen molar-refractivity contribution in [3.8, 4) is 11.5 Å². The average molecular weight is 319 g/mol. The molecule has 1 fully saturated rings. The Morgan fingerprint density at radius 2 is 1.96 bits per heavy atom. The normalized spacial score (nSPS) is 15.9. The third-order valence-corrected chi connectivity index (χ3v) is 3.88. The predicted octanol–water partition coefficient (Wildman–Crippen LogP) is 2.29. The lowest BCUT2D eigenvalue weighted by atomic mass is 10.2.